The Morgan fingerprint density at radius 1 is 0.875 bits per heavy atom. The Morgan fingerprint density at radius 2 is 1.42 bits per heavy atom. The fourth-order valence-electron chi connectivity index (χ4n) is 2.87. The highest BCUT2D eigenvalue weighted by Crippen LogP contribution is 2.29. The molecule has 2 aromatic rings. The van der Waals surface area contributed by atoms with Gasteiger partial charge in [-0.3, -0.25) is 4.79 Å². The van der Waals surface area contributed by atoms with Gasteiger partial charge in [0.05, 0.1) is 0 Å². The molecule has 1 saturated carbocycles. The molecule has 0 amide bonds. The van der Waals surface area contributed by atoms with E-state index in [0.717, 1.165) is 19.3 Å². The van der Waals surface area contributed by atoms with Crippen LogP contribution in [-0.2, 0) is 4.84 Å². The lowest BCUT2D eigenvalue weighted by Gasteiger charge is -2.29. The fraction of sp³-hybridized carbons (Fsp3) is 0.300. The minimum Gasteiger partial charge on any atom is -0.360 e. The summed E-state index contributed by atoms with van der Waals surface area (Å²) in [6.07, 6.45) is 3.97. The first-order valence-electron chi connectivity index (χ1n) is 8.32. The molecule has 1 N–H and O–H groups in total. The molecular formula is C20H21NO3. The first kappa shape index (κ1) is 16.4. The third kappa shape index (κ3) is 3.89. The van der Waals surface area contributed by atoms with Crippen molar-refractivity contribution in [2.45, 2.75) is 37.9 Å². The predicted molar refractivity (Wildman–Crippen MR) is 92.9 cm³/mol. The van der Waals surface area contributed by atoms with E-state index in [4.69, 9.17) is 4.84 Å². The maximum atomic E-state index is 12.8. The molecule has 0 saturated heterocycles. The van der Waals surface area contributed by atoms with Crippen LogP contribution in [0.25, 0.3) is 0 Å². The molecule has 3 rings (SSSR count). The minimum absolute atomic E-state index is 0.209. The summed E-state index contributed by atoms with van der Waals surface area (Å²) in [7, 11) is 0. The quantitative estimate of drug-likeness (QED) is 0.392. The van der Waals surface area contributed by atoms with Crippen molar-refractivity contribution < 1.29 is 14.7 Å². The maximum absolute atomic E-state index is 12.8. The molecule has 0 atom stereocenters. The van der Waals surface area contributed by atoms with Gasteiger partial charge in [-0.25, -0.2) is 0 Å². The molecule has 4 nitrogen and oxygen atoms in total. The van der Waals surface area contributed by atoms with Gasteiger partial charge in [0, 0.05) is 24.0 Å². The highest BCUT2D eigenvalue weighted by atomic mass is 16.7. The number of hydrogen-bond donors (Lipinski definition) is 1. The number of oxime groups is 1. The largest absolute Gasteiger partial charge is 0.360 e. The van der Waals surface area contributed by atoms with Gasteiger partial charge in [-0.15, -0.1) is 0 Å². The van der Waals surface area contributed by atoms with Crippen molar-refractivity contribution >= 4 is 11.5 Å². The van der Waals surface area contributed by atoms with E-state index in [1.54, 1.807) is 12.1 Å². The minimum atomic E-state index is -1.27. The number of hydrogen-bond acceptors (Lipinski definition) is 4. The molecule has 0 heterocycles. The van der Waals surface area contributed by atoms with E-state index in [0.29, 0.717) is 24.0 Å². The number of rotatable bonds is 5. The van der Waals surface area contributed by atoms with Crippen LogP contribution in [0, 0.1) is 0 Å². The molecule has 0 radical (unpaired) electrons. The van der Waals surface area contributed by atoms with E-state index in [1.807, 2.05) is 48.5 Å². The van der Waals surface area contributed by atoms with Gasteiger partial charge in [0.15, 0.2) is 5.71 Å². The number of carbonyl (C=O) groups excluding carboxylic acids is 1. The first-order valence-corrected chi connectivity index (χ1v) is 8.32. The predicted octanol–water partition coefficient (Wildman–Crippen LogP) is 3.94. The van der Waals surface area contributed by atoms with Crippen LogP contribution in [0.15, 0.2) is 65.8 Å². The number of aliphatic hydroxyl groups is 1. The molecule has 24 heavy (non-hydrogen) atoms. The summed E-state index contributed by atoms with van der Waals surface area (Å²) >= 11 is 0. The van der Waals surface area contributed by atoms with Crippen molar-refractivity contribution in [3.05, 3.63) is 71.8 Å². The number of carbonyl (C=O) groups is 1. The molecule has 0 bridgehead atoms. The molecule has 2 aromatic carbocycles. The summed E-state index contributed by atoms with van der Waals surface area (Å²) in [5.74, 6) is -1.49. The van der Waals surface area contributed by atoms with Crippen LogP contribution in [0.1, 0.15) is 48.0 Å². The van der Waals surface area contributed by atoms with Gasteiger partial charge in [-0.05, 0) is 12.8 Å². The SMILES string of the molecule is O=C(C(=NOC1(O)CCCCC1)c1ccccc1)c1ccccc1. The molecule has 124 valence electrons. The van der Waals surface area contributed by atoms with Crippen molar-refractivity contribution in [1.29, 1.82) is 0 Å². The van der Waals surface area contributed by atoms with Gasteiger partial charge < -0.3 is 9.94 Å². The average molecular weight is 323 g/mol. The monoisotopic (exact) mass is 323 g/mol. The summed E-state index contributed by atoms with van der Waals surface area (Å²) in [6.45, 7) is 0. The van der Waals surface area contributed by atoms with Crippen molar-refractivity contribution in [1.82, 2.24) is 0 Å². The van der Waals surface area contributed by atoms with E-state index < -0.39 is 5.79 Å². The zero-order valence-corrected chi connectivity index (χ0v) is 13.5. The third-order valence-electron chi connectivity index (χ3n) is 4.24. The van der Waals surface area contributed by atoms with Gasteiger partial charge in [0.25, 0.3) is 0 Å². The molecule has 0 spiro atoms. The summed E-state index contributed by atoms with van der Waals surface area (Å²) in [5, 5.41) is 14.6. The van der Waals surface area contributed by atoms with E-state index >= 15 is 0 Å². The summed E-state index contributed by atoms with van der Waals surface area (Å²) in [5.41, 5.74) is 1.42. The summed E-state index contributed by atoms with van der Waals surface area (Å²) < 4.78 is 0. The van der Waals surface area contributed by atoms with E-state index in [9.17, 15) is 9.90 Å². The Labute approximate surface area is 141 Å². The average Bonchev–Trinajstić information content (AvgIpc) is 2.64. The Hall–Kier alpha value is -2.46. The fourth-order valence-corrected chi connectivity index (χ4v) is 2.87. The number of benzene rings is 2. The molecular weight excluding hydrogens is 302 g/mol. The summed E-state index contributed by atoms with van der Waals surface area (Å²) in [6, 6.07) is 18.2. The Bertz CT molecular complexity index is 704. The Kier molecular flexibility index (Phi) is 5.06. The van der Waals surface area contributed by atoms with E-state index in [2.05, 4.69) is 5.16 Å². The highest BCUT2D eigenvalue weighted by Gasteiger charge is 2.32. The van der Waals surface area contributed by atoms with Crippen molar-refractivity contribution in [3.8, 4) is 0 Å². The lowest BCUT2D eigenvalue weighted by molar-refractivity contribution is -0.220. The van der Waals surface area contributed by atoms with Crippen molar-refractivity contribution in [2.24, 2.45) is 5.16 Å². The molecule has 1 fully saturated rings. The Balaban J connectivity index is 1.90. The van der Waals surface area contributed by atoms with Crippen LogP contribution in [0.5, 0.6) is 0 Å². The van der Waals surface area contributed by atoms with Gasteiger partial charge in [0.2, 0.25) is 11.6 Å². The Morgan fingerprint density at radius 3 is 2.00 bits per heavy atom. The second kappa shape index (κ2) is 7.41. The van der Waals surface area contributed by atoms with Crippen molar-refractivity contribution in [2.75, 3.05) is 0 Å². The second-order valence-electron chi connectivity index (χ2n) is 6.10. The molecule has 1 aliphatic carbocycles. The van der Waals surface area contributed by atoms with Crippen molar-refractivity contribution in [3.63, 3.8) is 0 Å². The van der Waals surface area contributed by atoms with Gasteiger partial charge >= 0.3 is 0 Å². The smallest absolute Gasteiger partial charge is 0.234 e. The van der Waals surface area contributed by atoms with E-state index in [1.165, 1.54) is 0 Å². The lowest BCUT2D eigenvalue weighted by atomic mass is 9.94. The molecule has 1 aliphatic rings. The van der Waals surface area contributed by atoms with Crippen LogP contribution < -0.4 is 0 Å². The first-order chi connectivity index (χ1) is 11.7. The van der Waals surface area contributed by atoms with Gasteiger partial charge in [-0.1, -0.05) is 72.2 Å². The topological polar surface area (TPSA) is 58.9 Å². The third-order valence-corrected chi connectivity index (χ3v) is 4.24. The summed E-state index contributed by atoms with van der Waals surface area (Å²) in [4.78, 5) is 18.3. The lowest BCUT2D eigenvalue weighted by Crippen LogP contribution is -2.33. The zero-order valence-electron chi connectivity index (χ0n) is 13.5. The van der Waals surface area contributed by atoms with Crippen LogP contribution in [0.3, 0.4) is 0 Å². The molecule has 0 aromatic heterocycles. The van der Waals surface area contributed by atoms with Crippen LogP contribution >= 0.6 is 0 Å². The van der Waals surface area contributed by atoms with Crippen LogP contribution in [0.4, 0.5) is 0 Å². The molecule has 0 unspecified atom stereocenters. The number of Topliss-reactive ketones (excluding diaryl/α,β-unsaturated/α-hetero) is 1. The second-order valence-corrected chi connectivity index (χ2v) is 6.10. The van der Waals surface area contributed by atoms with Crippen LogP contribution in [-0.4, -0.2) is 22.4 Å². The highest BCUT2D eigenvalue weighted by molar-refractivity contribution is 6.51. The van der Waals surface area contributed by atoms with Gasteiger partial charge in [-0.2, -0.15) is 0 Å². The number of ketones is 1. The zero-order chi connectivity index (χ0) is 16.8. The van der Waals surface area contributed by atoms with Gasteiger partial charge in [0.1, 0.15) is 0 Å². The van der Waals surface area contributed by atoms with E-state index in [-0.39, 0.29) is 11.5 Å². The maximum Gasteiger partial charge on any atom is 0.234 e. The van der Waals surface area contributed by atoms with Crippen LogP contribution in [0.2, 0.25) is 0 Å². The molecule has 4 heteroatoms. The standard InChI is InChI=1S/C20H21NO3/c22-19(17-12-6-2-7-13-17)18(16-10-4-1-5-11-16)21-24-20(23)14-8-3-9-15-20/h1-2,4-7,10-13,23H,3,8-9,14-15H2. The normalized spacial score (nSPS) is 17.3. The number of nitrogens with zero attached hydrogens (tertiary/aromatic N) is 1. The molecule has 0 aliphatic heterocycles.